The Morgan fingerprint density at radius 2 is 1.23 bits per heavy atom. The zero-order chi connectivity index (χ0) is 17.9. The van der Waals surface area contributed by atoms with E-state index in [0.29, 0.717) is 0 Å². The third-order valence-electron chi connectivity index (χ3n) is 4.06. The van der Waals surface area contributed by atoms with Gasteiger partial charge in [0.25, 0.3) is 0 Å². The maximum absolute atomic E-state index is 11.1. The number of hydrogen-bond acceptors (Lipinski definition) is 3. The predicted octanol–water partition coefficient (Wildman–Crippen LogP) is 4.70. The van der Waals surface area contributed by atoms with Crippen molar-refractivity contribution in [2.45, 2.75) is 103 Å². The maximum atomic E-state index is 11.1. The summed E-state index contributed by atoms with van der Waals surface area (Å²) in [6.07, 6.45) is 19.8. The molecule has 0 aliphatic rings. The van der Waals surface area contributed by atoms with Gasteiger partial charge in [0.15, 0.2) is 0 Å². The van der Waals surface area contributed by atoms with Crippen LogP contribution in [0.25, 0.3) is 0 Å². The summed E-state index contributed by atoms with van der Waals surface area (Å²) < 4.78 is 4.82. The number of esters is 1. The minimum atomic E-state index is -0.979. The molecular weight excluding hydrogens is 350 g/mol. The van der Waals surface area contributed by atoms with Crippen LogP contribution in [0.4, 0.5) is 0 Å². The van der Waals surface area contributed by atoms with Crippen molar-refractivity contribution in [3.63, 3.8) is 0 Å². The Labute approximate surface area is 204 Å². The van der Waals surface area contributed by atoms with E-state index in [1.165, 1.54) is 76.9 Å². The molecule has 26 heavy (non-hydrogen) atoms. The van der Waals surface area contributed by atoms with Crippen LogP contribution in [-0.2, 0) is 14.3 Å². The van der Waals surface area contributed by atoms with Gasteiger partial charge in [0, 0.05) is 0 Å². The summed E-state index contributed by atoms with van der Waals surface area (Å²) in [5, 5.41) is 8.44. The molecule has 0 atom stereocenters. The second kappa shape index (κ2) is 25.7. The standard InChI is InChI=1S/C20H36O4.2Na.2H/c1-2-3-4-5-6-7-8-9-10-11-12-13-14-15-18-24-20(23)17-16-19(21)22;;;;/h15,18H,2-14,16-17H2,1H3,(H,21,22);;;;/b18-15+;;;;. The fraction of sp³-hybridized carbons (Fsp3) is 0.800. The number of carbonyl (C=O) groups excluding carboxylic acids is 1. The second-order valence-electron chi connectivity index (χ2n) is 6.43. The Hall–Kier alpha value is 0.680. The van der Waals surface area contributed by atoms with E-state index >= 15 is 0 Å². The molecule has 0 saturated carbocycles. The first kappa shape index (κ1) is 31.4. The fourth-order valence-electron chi connectivity index (χ4n) is 2.56. The van der Waals surface area contributed by atoms with Crippen molar-refractivity contribution in [1.82, 2.24) is 0 Å². The van der Waals surface area contributed by atoms with Gasteiger partial charge in [-0.25, -0.2) is 0 Å². The monoisotopic (exact) mass is 388 g/mol. The van der Waals surface area contributed by atoms with Crippen LogP contribution in [0.1, 0.15) is 103 Å². The van der Waals surface area contributed by atoms with Crippen LogP contribution in [0.15, 0.2) is 12.3 Å². The molecule has 144 valence electrons. The van der Waals surface area contributed by atoms with E-state index < -0.39 is 11.9 Å². The molecule has 6 heteroatoms. The third-order valence-corrected chi connectivity index (χ3v) is 4.06. The van der Waals surface area contributed by atoms with Gasteiger partial charge in [-0.1, -0.05) is 77.6 Å². The summed E-state index contributed by atoms with van der Waals surface area (Å²) in [5.41, 5.74) is 0. The number of carboxylic acids is 1. The molecular formula is C20H38Na2O4. The molecule has 0 radical (unpaired) electrons. The molecule has 0 amide bonds. The van der Waals surface area contributed by atoms with E-state index in [9.17, 15) is 9.59 Å². The van der Waals surface area contributed by atoms with Crippen molar-refractivity contribution in [3.05, 3.63) is 12.3 Å². The van der Waals surface area contributed by atoms with E-state index in [-0.39, 0.29) is 72.0 Å². The molecule has 0 spiro atoms. The first-order chi connectivity index (χ1) is 11.7. The van der Waals surface area contributed by atoms with Crippen LogP contribution in [0, 0.1) is 0 Å². The SMILES string of the molecule is CCCCCCCCCCCCCC/C=C/OC(=O)CCC(=O)O.[NaH].[NaH]. The number of ether oxygens (including phenoxy) is 1. The Balaban J connectivity index is -0.00000264. The van der Waals surface area contributed by atoms with Crippen LogP contribution in [0.3, 0.4) is 0 Å². The van der Waals surface area contributed by atoms with E-state index in [4.69, 9.17) is 9.84 Å². The van der Waals surface area contributed by atoms with Crippen molar-refractivity contribution in [3.8, 4) is 0 Å². The summed E-state index contributed by atoms with van der Waals surface area (Å²) >= 11 is 0. The average molecular weight is 389 g/mol. The molecule has 0 unspecified atom stereocenters. The molecule has 0 saturated heterocycles. The van der Waals surface area contributed by atoms with Crippen LogP contribution < -0.4 is 0 Å². The van der Waals surface area contributed by atoms with E-state index in [1.807, 2.05) is 6.08 Å². The summed E-state index contributed by atoms with van der Waals surface area (Å²) in [6, 6.07) is 0. The summed E-state index contributed by atoms with van der Waals surface area (Å²) in [5.74, 6) is -1.46. The number of carboxylic acid groups (broad SMARTS) is 1. The molecule has 0 fully saturated rings. The predicted molar refractivity (Wildman–Crippen MR) is 112 cm³/mol. The molecule has 0 rings (SSSR count). The number of allylic oxidation sites excluding steroid dienone is 1. The molecule has 0 bridgehead atoms. The summed E-state index contributed by atoms with van der Waals surface area (Å²) in [4.78, 5) is 21.4. The minimum absolute atomic E-state index is 0. The van der Waals surface area contributed by atoms with Gasteiger partial charge < -0.3 is 9.84 Å². The van der Waals surface area contributed by atoms with E-state index in [2.05, 4.69) is 6.92 Å². The first-order valence-corrected chi connectivity index (χ1v) is 9.73. The van der Waals surface area contributed by atoms with Crippen molar-refractivity contribution in [2.75, 3.05) is 0 Å². The van der Waals surface area contributed by atoms with Crippen molar-refractivity contribution in [1.29, 1.82) is 0 Å². The van der Waals surface area contributed by atoms with Gasteiger partial charge >= 0.3 is 71.1 Å². The van der Waals surface area contributed by atoms with Gasteiger partial charge in [-0.15, -0.1) is 0 Å². The molecule has 0 aromatic carbocycles. The zero-order valence-corrected chi connectivity index (χ0v) is 15.4. The Kier molecular flexibility index (Phi) is 31.0. The number of rotatable bonds is 17. The van der Waals surface area contributed by atoms with Crippen molar-refractivity contribution < 1.29 is 19.4 Å². The molecule has 0 heterocycles. The Bertz CT molecular complexity index is 347. The number of aliphatic carboxylic acids is 1. The van der Waals surface area contributed by atoms with Crippen LogP contribution in [0.5, 0.6) is 0 Å². The Morgan fingerprint density at radius 3 is 1.69 bits per heavy atom. The summed E-state index contributed by atoms with van der Waals surface area (Å²) in [7, 11) is 0. The van der Waals surface area contributed by atoms with Gasteiger partial charge in [0.05, 0.1) is 19.1 Å². The third kappa shape index (κ3) is 26.9. The number of unbranched alkanes of at least 4 members (excludes halogenated alkanes) is 12. The zero-order valence-electron chi connectivity index (χ0n) is 15.4. The van der Waals surface area contributed by atoms with E-state index in [1.54, 1.807) is 0 Å². The van der Waals surface area contributed by atoms with Crippen molar-refractivity contribution >= 4 is 71.1 Å². The summed E-state index contributed by atoms with van der Waals surface area (Å²) in [6.45, 7) is 2.25. The molecule has 4 nitrogen and oxygen atoms in total. The molecule has 0 aromatic rings. The normalized spacial score (nSPS) is 10.2. The number of hydrogen-bond donors (Lipinski definition) is 1. The Morgan fingerprint density at radius 1 is 0.769 bits per heavy atom. The van der Waals surface area contributed by atoms with Gasteiger partial charge in [-0.3, -0.25) is 9.59 Å². The first-order valence-electron chi connectivity index (χ1n) is 9.73. The molecule has 0 aromatic heterocycles. The van der Waals surface area contributed by atoms with Gasteiger partial charge in [0.2, 0.25) is 0 Å². The van der Waals surface area contributed by atoms with Crippen LogP contribution in [-0.4, -0.2) is 76.2 Å². The van der Waals surface area contributed by atoms with Gasteiger partial charge in [0.1, 0.15) is 0 Å². The molecule has 1 N–H and O–H groups in total. The van der Waals surface area contributed by atoms with Crippen LogP contribution in [0.2, 0.25) is 0 Å². The van der Waals surface area contributed by atoms with Gasteiger partial charge in [-0.2, -0.15) is 0 Å². The van der Waals surface area contributed by atoms with Crippen LogP contribution >= 0.6 is 0 Å². The number of carbonyl (C=O) groups is 2. The molecule has 0 aliphatic heterocycles. The van der Waals surface area contributed by atoms with Crippen molar-refractivity contribution in [2.24, 2.45) is 0 Å². The van der Waals surface area contributed by atoms with Gasteiger partial charge in [-0.05, 0) is 18.9 Å². The molecule has 0 aliphatic carbocycles. The fourth-order valence-corrected chi connectivity index (χ4v) is 2.56. The quantitative estimate of drug-likeness (QED) is 0.170. The average Bonchev–Trinajstić information content (AvgIpc) is 2.56. The second-order valence-corrected chi connectivity index (χ2v) is 6.43. The topological polar surface area (TPSA) is 63.6 Å². The van der Waals surface area contributed by atoms with E-state index in [0.717, 1.165) is 12.8 Å².